The Bertz CT molecular complexity index is 1050. The maximum absolute atomic E-state index is 13.0. The van der Waals surface area contributed by atoms with Crippen molar-refractivity contribution in [3.8, 4) is 11.5 Å². The van der Waals surface area contributed by atoms with Crippen molar-refractivity contribution in [3.63, 3.8) is 0 Å². The van der Waals surface area contributed by atoms with Crippen LogP contribution in [0.5, 0.6) is 11.5 Å². The number of phenolic OH excluding ortho intramolecular Hbond substituents is 1. The van der Waals surface area contributed by atoms with E-state index in [2.05, 4.69) is 0 Å². The van der Waals surface area contributed by atoms with Gasteiger partial charge >= 0.3 is 0 Å². The molecule has 1 fully saturated rings. The molecule has 0 bridgehead atoms. The van der Waals surface area contributed by atoms with Crippen LogP contribution >= 0.6 is 23.2 Å². The molecule has 1 unspecified atom stereocenters. The zero-order valence-electron chi connectivity index (χ0n) is 17.2. The van der Waals surface area contributed by atoms with Gasteiger partial charge in [-0.05, 0) is 42.3 Å². The van der Waals surface area contributed by atoms with E-state index in [1.807, 2.05) is 6.92 Å². The van der Waals surface area contributed by atoms with Crippen LogP contribution in [0.1, 0.15) is 43.4 Å². The number of methoxy groups -OCH3 is 1. The van der Waals surface area contributed by atoms with Crippen molar-refractivity contribution in [1.82, 2.24) is 4.90 Å². The zero-order valence-corrected chi connectivity index (χ0v) is 18.7. The molecule has 1 amide bonds. The van der Waals surface area contributed by atoms with Gasteiger partial charge in [0.2, 0.25) is 0 Å². The number of aliphatic hydroxyl groups is 1. The molecule has 0 spiro atoms. The lowest BCUT2D eigenvalue weighted by Crippen LogP contribution is -2.30. The van der Waals surface area contributed by atoms with Crippen LogP contribution < -0.4 is 4.74 Å². The molecule has 31 heavy (non-hydrogen) atoms. The first-order chi connectivity index (χ1) is 14.8. The van der Waals surface area contributed by atoms with Crippen LogP contribution in [0.2, 0.25) is 10.0 Å². The second kappa shape index (κ2) is 9.62. The Labute approximate surface area is 190 Å². The van der Waals surface area contributed by atoms with Crippen LogP contribution in [-0.2, 0) is 9.59 Å². The first-order valence-corrected chi connectivity index (χ1v) is 10.7. The number of amides is 1. The first kappa shape index (κ1) is 23.0. The fraction of sp³-hybridized carbons (Fsp3) is 0.304. The van der Waals surface area contributed by atoms with Gasteiger partial charge in [-0.1, -0.05) is 49.0 Å². The summed E-state index contributed by atoms with van der Waals surface area (Å²) in [6, 6.07) is 8.25. The lowest BCUT2D eigenvalue weighted by molar-refractivity contribution is -0.139. The van der Waals surface area contributed by atoms with E-state index in [9.17, 15) is 19.8 Å². The van der Waals surface area contributed by atoms with Gasteiger partial charge < -0.3 is 19.8 Å². The summed E-state index contributed by atoms with van der Waals surface area (Å²) in [7, 11) is 1.43. The minimum Gasteiger partial charge on any atom is -0.507 e. The number of carbonyl (C=O) groups is 2. The first-order valence-electron chi connectivity index (χ1n) is 9.90. The molecule has 3 rings (SSSR count). The number of likely N-dealkylation sites (tertiary alicyclic amines) is 1. The highest BCUT2D eigenvalue weighted by Crippen LogP contribution is 2.42. The second-order valence-electron chi connectivity index (χ2n) is 7.26. The van der Waals surface area contributed by atoms with E-state index in [0.717, 1.165) is 12.8 Å². The highest BCUT2D eigenvalue weighted by molar-refractivity contribution is 6.46. The Morgan fingerprint density at radius 1 is 1.10 bits per heavy atom. The standard InChI is InChI=1S/C23H23Cl2NO5/c1-3-4-5-10-26-20(13-7-9-18(31-2)17(27)12-13)19(22(29)23(26)30)21(28)14-6-8-15(24)16(25)11-14/h6-9,11-12,20,27-28H,3-5,10H2,1-2H3/b21-19-. The molecule has 1 atom stereocenters. The van der Waals surface area contributed by atoms with E-state index >= 15 is 0 Å². The maximum atomic E-state index is 13.0. The Balaban J connectivity index is 2.16. The Morgan fingerprint density at radius 2 is 1.84 bits per heavy atom. The van der Waals surface area contributed by atoms with Crippen molar-refractivity contribution < 1.29 is 24.5 Å². The summed E-state index contributed by atoms with van der Waals surface area (Å²) in [6.07, 6.45) is 2.53. The van der Waals surface area contributed by atoms with Gasteiger partial charge in [0.1, 0.15) is 5.76 Å². The van der Waals surface area contributed by atoms with Crippen molar-refractivity contribution in [2.45, 2.75) is 32.2 Å². The lowest BCUT2D eigenvalue weighted by atomic mass is 9.95. The second-order valence-corrected chi connectivity index (χ2v) is 8.07. The van der Waals surface area contributed by atoms with Crippen molar-refractivity contribution >= 4 is 40.7 Å². The number of rotatable bonds is 7. The highest BCUT2D eigenvalue weighted by Gasteiger charge is 2.46. The van der Waals surface area contributed by atoms with Crippen molar-refractivity contribution in [2.24, 2.45) is 0 Å². The highest BCUT2D eigenvalue weighted by atomic mass is 35.5. The van der Waals surface area contributed by atoms with E-state index < -0.39 is 17.7 Å². The molecule has 0 radical (unpaired) electrons. The molecular weight excluding hydrogens is 441 g/mol. The van der Waals surface area contributed by atoms with Crippen molar-refractivity contribution in [2.75, 3.05) is 13.7 Å². The number of hydrogen-bond donors (Lipinski definition) is 2. The molecule has 2 aromatic rings. The Kier molecular flexibility index (Phi) is 7.13. The van der Waals surface area contributed by atoms with Crippen LogP contribution in [0.4, 0.5) is 0 Å². The van der Waals surface area contributed by atoms with Gasteiger partial charge in [-0.15, -0.1) is 0 Å². The molecule has 1 saturated heterocycles. The molecule has 0 aromatic heterocycles. The molecule has 2 aromatic carbocycles. The van der Waals surface area contributed by atoms with E-state index in [1.165, 1.54) is 36.3 Å². The molecule has 6 nitrogen and oxygen atoms in total. The molecule has 0 saturated carbocycles. The van der Waals surface area contributed by atoms with E-state index in [0.29, 0.717) is 23.6 Å². The van der Waals surface area contributed by atoms with E-state index in [4.69, 9.17) is 27.9 Å². The molecule has 1 aliphatic heterocycles. The molecule has 1 heterocycles. The summed E-state index contributed by atoms with van der Waals surface area (Å²) in [6.45, 7) is 2.38. The van der Waals surface area contributed by atoms with Gasteiger partial charge in [-0.25, -0.2) is 0 Å². The van der Waals surface area contributed by atoms with Gasteiger partial charge in [0, 0.05) is 12.1 Å². The third kappa shape index (κ3) is 4.50. The van der Waals surface area contributed by atoms with Gasteiger partial charge in [0.05, 0.1) is 28.8 Å². The minimum atomic E-state index is -0.858. The van der Waals surface area contributed by atoms with Crippen LogP contribution in [-0.4, -0.2) is 40.5 Å². The molecule has 2 N–H and O–H groups in total. The number of phenols is 1. The number of unbranched alkanes of at least 4 members (excludes halogenated alkanes) is 2. The summed E-state index contributed by atoms with van der Waals surface area (Å²) in [5.41, 5.74) is 0.684. The van der Waals surface area contributed by atoms with Gasteiger partial charge in [0.15, 0.2) is 11.5 Å². The average molecular weight is 464 g/mol. The van der Waals surface area contributed by atoms with Gasteiger partial charge in [-0.2, -0.15) is 0 Å². The predicted octanol–water partition coefficient (Wildman–Crippen LogP) is 5.32. The average Bonchev–Trinajstić information content (AvgIpc) is 3.00. The summed E-state index contributed by atoms with van der Waals surface area (Å²) >= 11 is 12.0. The maximum Gasteiger partial charge on any atom is 0.295 e. The Morgan fingerprint density at radius 3 is 2.45 bits per heavy atom. The number of benzene rings is 2. The Hall–Kier alpha value is -2.70. The number of nitrogens with zero attached hydrogens (tertiary/aromatic N) is 1. The SMILES string of the molecule is CCCCCN1C(=O)C(=O)/C(=C(\O)c2ccc(Cl)c(Cl)c2)C1c1ccc(OC)c(O)c1. The summed E-state index contributed by atoms with van der Waals surface area (Å²) in [4.78, 5) is 27.2. The number of ketones is 1. The van der Waals surface area contributed by atoms with Crippen molar-refractivity contribution in [3.05, 3.63) is 63.1 Å². The third-order valence-electron chi connectivity index (χ3n) is 5.25. The largest absolute Gasteiger partial charge is 0.507 e. The quantitative estimate of drug-likeness (QED) is 0.251. The smallest absolute Gasteiger partial charge is 0.295 e. The number of hydrogen-bond acceptors (Lipinski definition) is 5. The molecule has 0 aliphatic carbocycles. The van der Waals surface area contributed by atoms with Crippen LogP contribution in [0.15, 0.2) is 42.0 Å². The molecule has 8 heteroatoms. The fourth-order valence-electron chi connectivity index (χ4n) is 3.67. The normalized spacial score (nSPS) is 17.9. The molecule has 164 valence electrons. The lowest BCUT2D eigenvalue weighted by Gasteiger charge is -2.25. The zero-order chi connectivity index (χ0) is 22.7. The topological polar surface area (TPSA) is 87.1 Å². The fourth-order valence-corrected chi connectivity index (χ4v) is 3.96. The third-order valence-corrected chi connectivity index (χ3v) is 5.99. The van der Waals surface area contributed by atoms with E-state index in [-0.39, 0.29) is 33.4 Å². The number of ether oxygens (including phenoxy) is 1. The summed E-state index contributed by atoms with van der Waals surface area (Å²) < 4.78 is 5.09. The number of Topliss-reactive ketones (excluding diaryl/α,β-unsaturated/α-hetero) is 1. The number of carbonyl (C=O) groups excluding carboxylic acids is 2. The number of aliphatic hydroxyl groups excluding tert-OH is 1. The van der Waals surface area contributed by atoms with Crippen LogP contribution in [0, 0.1) is 0 Å². The van der Waals surface area contributed by atoms with Gasteiger partial charge in [-0.3, -0.25) is 9.59 Å². The van der Waals surface area contributed by atoms with Crippen LogP contribution in [0.25, 0.3) is 5.76 Å². The predicted molar refractivity (Wildman–Crippen MR) is 120 cm³/mol. The van der Waals surface area contributed by atoms with E-state index in [1.54, 1.807) is 12.1 Å². The van der Waals surface area contributed by atoms with Gasteiger partial charge in [0.25, 0.3) is 11.7 Å². The molecular formula is C23H23Cl2NO5. The monoisotopic (exact) mass is 463 g/mol. The summed E-state index contributed by atoms with van der Waals surface area (Å²) in [5.74, 6) is -1.71. The number of aromatic hydroxyl groups is 1. The minimum absolute atomic E-state index is 0.0653. The number of halogens is 2. The van der Waals surface area contributed by atoms with Crippen LogP contribution in [0.3, 0.4) is 0 Å². The van der Waals surface area contributed by atoms with Crippen molar-refractivity contribution in [1.29, 1.82) is 0 Å². The molecule has 1 aliphatic rings. The summed E-state index contributed by atoms with van der Waals surface area (Å²) in [5, 5.41) is 21.8.